The van der Waals surface area contributed by atoms with Gasteiger partial charge in [0.15, 0.2) is 0 Å². The van der Waals surface area contributed by atoms with Gasteiger partial charge in [0, 0.05) is 12.8 Å². The van der Waals surface area contributed by atoms with Crippen LogP contribution in [0.4, 0.5) is 0 Å². The van der Waals surface area contributed by atoms with Gasteiger partial charge in [-0.2, -0.15) is 0 Å². The summed E-state index contributed by atoms with van der Waals surface area (Å²) in [6, 6.07) is 0. The van der Waals surface area contributed by atoms with E-state index in [1.54, 1.807) is 0 Å². The van der Waals surface area contributed by atoms with Crippen LogP contribution >= 0.6 is 0 Å². The summed E-state index contributed by atoms with van der Waals surface area (Å²) < 4.78 is 4.76. The van der Waals surface area contributed by atoms with Crippen molar-refractivity contribution in [3.63, 3.8) is 0 Å². The summed E-state index contributed by atoms with van der Waals surface area (Å²) in [5.74, 6) is -0.711. The number of rotatable bonds is 15. The van der Waals surface area contributed by atoms with Gasteiger partial charge in [0.25, 0.3) is 0 Å². The smallest absolute Gasteiger partial charge is 0.313 e. The number of nitrogens with zero attached hydrogens (tertiary/aromatic N) is 2. The minimum Gasteiger partial charge on any atom is -0.393 e. The Hall–Kier alpha value is -0.940. The molecule has 0 bridgehead atoms. The molecule has 30 heavy (non-hydrogen) atoms. The first-order chi connectivity index (χ1) is 14.2. The van der Waals surface area contributed by atoms with Crippen LogP contribution in [-0.2, 0) is 14.3 Å². The number of ether oxygens (including phenoxy) is 1. The van der Waals surface area contributed by atoms with Crippen LogP contribution in [0.2, 0.25) is 0 Å². The Morgan fingerprint density at radius 2 is 0.867 bits per heavy atom. The second-order valence-corrected chi connectivity index (χ2v) is 8.43. The Kier molecular flexibility index (Phi) is 31.5. The summed E-state index contributed by atoms with van der Waals surface area (Å²) in [6.45, 7) is 11.1. The third kappa shape index (κ3) is 37.8. The number of carbonyl (C=O) groups is 2. The van der Waals surface area contributed by atoms with Crippen molar-refractivity contribution < 1.29 is 14.3 Å². The molecule has 5 nitrogen and oxygen atoms in total. The van der Waals surface area contributed by atoms with Crippen molar-refractivity contribution in [2.24, 2.45) is 0 Å². The van der Waals surface area contributed by atoms with Crippen molar-refractivity contribution in [2.45, 2.75) is 111 Å². The first-order valence-corrected chi connectivity index (χ1v) is 12.3. The normalized spacial score (nSPS) is 10.2. The summed E-state index contributed by atoms with van der Waals surface area (Å²) in [5.41, 5.74) is 0. The molecule has 0 amide bonds. The predicted molar refractivity (Wildman–Crippen MR) is 131 cm³/mol. The van der Waals surface area contributed by atoms with E-state index < -0.39 is 0 Å². The van der Waals surface area contributed by atoms with Gasteiger partial charge in [0.1, 0.15) is 0 Å². The summed E-state index contributed by atoms with van der Waals surface area (Å²) in [6.07, 6.45) is 12.9. The highest BCUT2D eigenvalue weighted by Crippen LogP contribution is 2.07. The molecule has 0 radical (unpaired) electrons. The number of carbonyl (C=O) groups excluding carboxylic acids is 2. The number of unbranched alkanes of at least 4 members (excludes halogenated alkanes) is 7. The molecule has 0 aromatic carbocycles. The SMILES string of the molecule is CCCCCCCC(=O)OC(=O)CCCCCC.CCCN(C)C.CCCN(C)C. The average molecular weight is 431 g/mol. The third-order valence-corrected chi connectivity index (χ3v) is 4.29. The lowest BCUT2D eigenvalue weighted by Gasteiger charge is -2.03. The largest absolute Gasteiger partial charge is 0.393 e. The monoisotopic (exact) mass is 430 g/mol. The average Bonchev–Trinajstić information content (AvgIpc) is 2.66. The summed E-state index contributed by atoms with van der Waals surface area (Å²) in [5, 5.41) is 0. The number of esters is 2. The Morgan fingerprint density at radius 1 is 0.533 bits per heavy atom. The molecule has 0 saturated carbocycles. The third-order valence-electron chi connectivity index (χ3n) is 4.29. The van der Waals surface area contributed by atoms with Crippen LogP contribution in [0.5, 0.6) is 0 Å². The molecule has 0 saturated heterocycles. The summed E-state index contributed by atoms with van der Waals surface area (Å²) in [7, 11) is 8.35. The van der Waals surface area contributed by atoms with Crippen LogP contribution < -0.4 is 0 Å². The van der Waals surface area contributed by atoms with Crippen LogP contribution in [0.1, 0.15) is 111 Å². The van der Waals surface area contributed by atoms with Gasteiger partial charge in [-0.3, -0.25) is 9.59 Å². The molecule has 0 aliphatic carbocycles. The van der Waals surface area contributed by atoms with Crippen LogP contribution in [0, 0.1) is 0 Å². The Morgan fingerprint density at radius 3 is 1.13 bits per heavy atom. The van der Waals surface area contributed by atoms with E-state index >= 15 is 0 Å². The quantitative estimate of drug-likeness (QED) is 0.173. The standard InChI is InChI=1S/C15H28O3.2C5H13N/c1-3-5-7-9-11-13-15(17)18-14(16)12-10-8-6-4-2;2*1-4-5-6(2)3/h3-13H2,1-2H3;2*4-5H2,1-3H3. The lowest BCUT2D eigenvalue weighted by Crippen LogP contribution is -2.11. The maximum atomic E-state index is 11.3. The second kappa shape index (κ2) is 28.1. The van der Waals surface area contributed by atoms with E-state index in [1.165, 1.54) is 38.8 Å². The highest BCUT2D eigenvalue weighted by atomic mass is 16.6. The molecule has 0 N–H and O–H groups in total. The van der Waals surface area contributed by atoms with Crippen molar-refractivity contribution in [2.75, 3.05) is 41.3 Å². The predicted octanol–water partition coefficient (Wildman–Crippen LogP) is 6.30. The lowest BCUT2D eigenvalue weighted by atomic mass is 10.1. The molecule has 0 aromatic heterocycles. The summed E-state index contributed by atoms with van der Waals surface area (Å²) in [4.78, 5) is 27.0. The molecular formula is C25H54N2O3. The maximum absolute atomic E-state index is 11.3. The topological polar surface area (TPSA) is 49.9 Å². The van der Waals surface area contributed by atoms with Gasteiger partial charge in [-0.25, -0.2) is 0 Å². The second-order valence-electron chi connectivity index (χ2n) is 8.43. The van der Waals surface area contributed by atoms with Crippen LogP contribution in [0.15, 0.2) is 0 Å². The molecule has 0 aliphatic heterocycles. The fourth-order valence-electron chi connectivity index (χ4n) is 2.69. The summed E-state index contributed by atoms with van der Waals surface area (Å²) >= 11 is 0. The number of hydrogen-bond acceptors (Lipinski definition) is 5. The van der Waals surface area contributed by atoms with Gasteiger partial charge in [-0.1, -0.05) is 72.6 Å². The van der Waals surface area contributed by atoms with Gasteiger partial charge in [0.05, 0.1) is 0 Å². The van der Waals surface area contributed by atoms with Crippen molar-refractivity contribution >= 4 is 11.9 Å². The van der Waals surface area contributed by atoms with Gasteiger partial charge in [-0.15, -0.1) is 0 Å². The molecule has 0 fully saturated rings. The zero-order chi connectivity index (χ0) is 23.6. The van der Waals surface area contributed by atoms with Crippen molar-refractivity contribution in [1.29, 1.82) is 0 Å². The van der Waals surface area contributed by atoms with E-state index in [4.69, 9.17) is 4.74 Å². The highest BCUT2D eigenvalue weighted by molar-refractivity contribution is 5.85. The Bertz CT molecular complexity index is 348. The lowest BCUT2D eigenvalue weighted by molar-refractivity contribution is -0.159. The van der Waals surface area contributed by atoms with Crippen molar-refractivity contribution in [3.8, 4) is 0 Å². The Balaban J connectivity index is -0.000000495. The highest BCUT2D eigenvalue weighted by Gasteiger charge is 2.09. The number of hydrogen-bond donors (Lipinski definition) is 0. The fourth-order valence-corrected chi connectivity index (χ4v) is 2.69. The van der Waals surface area contributed by atoms with E-state index in [9.17, 15) is 9.59 Å². The van der Waals surface area contributed by atoms with Crippen molar-refractivity contribution in [1.82, 2.24) is 9.80 Å². The zero-order valence-corrected chi connectivity index (χ0v) is 21.7. The molecule has 5 heteroatoms. The zero-order valence-electron chi connectivity index (χ0n) is 21.7. The molecule has 0 spiro atoms. The minimum atomic E-state index is -0.357. The van der Waals surface area contributed by atoms with E-state index in [0.29, 0.717) is 12.8 Å². The fraction of sp³-hybridized carbons (Fsp3) is 0.920. The first kappa shape index (κ1) is 33.7. The van der Waals surface area contributed by atoms with E-state index in [-0.39, 0.29) is 11.9 Å². The molecule has 0 heterocycles. The van der Waals surface area contributed by atoms with E-state index in [1.807, 2.05) is 0 Å². The van der Waals surface area contributed by atoms with Gasteiger partial charge in [-0.05, 0) is 67.0 Å². The molecule has 182 valence electrons. The molecular weight excluding hydrogens is 376 g/mol. The van der Waals surface area contributed by atoms with Crippen LogP contribution in [0.25, 0.3) is 0 Å². The molecule has 0 atom stereocenters. The van der Waals surface area contributed by atoms with Gasteiger partial charge in [0.2, 0.25) is 0 Å². The van der Waals surface area contributed by atoms with Crippen LogP contribution in [0.3, 0.4) is 0 Å². The molecule has 0 unspecified atom stereocenters. The first-order valence-electron chi connectivity index (χ1n) is 12.3. The minimum absolute atomic E-state index is 0.355. The van der Waals surface area contributed by atoms with Crippen LogP contribution in [-0.4, -0.2) is 63.0 Å². The molecule has 0 rings (SSSR count). The Labute approximate surface area is 188 Å². The van der Waals surface area contributed by atoms with Gasteiger partial charge >= 0.3 is 11.9 Å². The van der Waals surface area contributed by atoms with Crippen molar-refractivity contribution in [3.05, 3.63) is 0 Å². The molecule has 0 aliphatic rings. The maximum Gasteiger partial charge on any atom is 0.313 e. The van der Waals surface area contributed by atoms with E-state index in [0.717, 1.165) is 44.9 Å². The molecule has 0 aromatic rings. The van der Waals surface area contributed by atoms with E-state index in [2.05, 4.69) is 65.7 Å². The van der Waals surface area contributed by atoms with Gasteiger partial charge < -0.3 is 14.5 Å².